The average molecular weight is 194 g/mol. The van der Waals surface area contributed by atoms with Gasteiger partial charge in [-0.1, -0.05) is 0 Å². The third-order valence-corrected chi connectivity index (χ3v) is 1.09. The zero-order valence-corrected chi connectivity index (χ0v) is 8.09. The summed E-state index contributed by atoms with van der Waals surface area (Å²) in [5.74, 6) is 0. The highest BCUT2D eigenvalue weighted by atomic mass is 32.1. The molecule has 0 aliphatic rings. The molecule has 0 aromatic rings. The fourth-order valence-corrected chi connectivity index (χ4v) is 0.802. The highest BCUT2D eigenvalue weighted by Gasteiger charge is 2.02. The zero-order valence-electron chi connectivity index (χ0n) is 6.46. The molecule has 0 aliphatic carbocycles. The average Bonchev–Trinajstić information content (AvgIpc) is 1.87. The maximum atomic E-state index is 4.80. The molecule has 0 amide bonds. The number of hydrogen-bond donors (Lipinski definition) is 0. The molecular formula is C6H10O3S2. The first-order chi connectivity index (χ1) is 5.20. The van der Waals surface area contributed by atoms with E-state index in [1.807, 2.05) is 0 Å². The quantitative estimate of drug-likeness (QED) is 0.623. The predicted molar refractivity (Wildman–Crippen MR) is 49.5 cm³/mol. The van der Waals surface area contributed by atoms with Crippen LogP contribution in [0.5, 0.6) is 0 Å². The maximum Gasteiger partial charge on any atom is 0.360 e. The molecule has 0 bridgehead atoms. The van der Waals surface area contributed by atoms with Crippen LogP contribution in [0.15, 0.2) is 0 Å². The van der Waals surface area contributed by atoms with Gasteiger partial charge in [-0.05, 0) is 13.8 Å². The Morgan fingerprint density at radius 2 is 1.36 bits per heavy atom. The minimum Gasteiger partial charge on any atom is -0.457 e. The van der Waals surface area contributed by atoms with Crippen LogP contribution in [0, 0.1) is 0 Å². The van der Waals surface area contributed by atoms with E-state index in [1.165, 1.54) is 0 Å². The Morgan fingerprint density at radius 3 is 1.64 bits per heavy atom. The van der Waals surface area contributed by atoms with E-state index in [2.05, 4.69) is 24.4 Å². The Bertz CT molecular complexity index is 131. The van der Waals surface area contributed by atoms with Crippen LogP contribution in [-0.4, -0.2) is 23.7 Å². The maximum absolute atomic E-state index is 4.80. The summed E-state index contributed by atoms with van der Waals surface area (Å²) in [7, 11) is 0. The summed E-state index contributed by atoms with van der Waals surface area (Å²) in [6.45, 7) is 4.54. The summed E-state index contributed by atoms with van der Waals surface area (Å²) in [6, 6.07) is 0. The van der Waals surface area contributed by atoms with Crippen LogP contribution in [0.1, 0.15) is 13.8 Å². The van der Waals surface area contributed by atoms with E-state index >= 15 is 0 Å². The smallest absolute Gasteiger partial charge is 0.360 e. The normalized spacial score (nSPS) is 8.55. The molecule has 5 heteroatoms. The van der Waals surface area contributed by atoms with Crippen molar-refractivity contribution in [3.63, 3.8) is 0 Å². The van der Waals surface area contributed by atoms with Crippen LogP contribution in [0.2, 0.25) is 0 Å². The third kappa shape index (κ3) is 6.00. The van der Waals surface area contributed by atoms with Gasteiger partial charge in [-0.15, -0.1) is 0 Å². The van der Waals surface area contributed by atoms with Gasteiger partial charge in [0.05, 0.1) is 13.2 Å². The van der Waals surface area contributed by atoms with Gasteiger partial charge < -0.3 is 14.2 Å². The van der Waals surface area contributed by atoms with Gasteiger partial charge in [0.15, 0.2) is 0 Å². The first-order valence-corrected chi connectivity index (χ1v) is 4.03. The van der Waals surface area contributed by atoms with Crippen molar-refractivity contribution < 1.29 is 14.2 Å². The van der Waals surface area contributed by atoms with Gasteiger partial charge in [0.25, 0.3) is 0 Å². The summed E-state index contributed by atoms with van der Waals surface area (Å²) >= 11 is 9.26. The van der Waals surface area contributed by atoms with E-state index < -0.39 is 0 Å². The third-order valence-electron chi connectivity index (χ3n) is 0.691. The van der Waals surface area contributed by atoms with Crippen molar-refractivity contribution in [2.75, 3.05) is 13.2 Å². The van der Waals surface area contributed by atoms with Crippen molar-refractivity contribution in [1.29, 1.82) is 0 Å². The van der Waals surface area contributed by atoms with E-state index in [0.717, 1.165) is 0 Å². The van der Waals surface area contributed by atoms with Crippen LogP contribution in [0.25, 0.3) is 0 Å². The van der Waals surface area contributed by atoms with Crippen molar-refractivity contribution in [2.24, 2.45) is 0 Å². The predicted octanol–water partition coefficient (Wildman–Crippen LogP) is 1.65. The van der Waals surface area contributed by atoms with E-state index in [4.69, 9.17) is 14.2 Å². The summed E-state index contributed by atoms with van der Waals surface area (Å²) < 4.78 is 14.4. The second kappa shape index (κ2) is 6.30. The Hall–Kier alpha value is -0.420. The molecule has 11 heavy (non-hydrogen) atoms. The van der Waals surface area contributed by atoms with E-state index in [9.17, 15) is 0 Å². The van der Waals surface area contributed by atoms with Crippen LogP contribution in [0.4, 0.5) is 0 Å². The van der Waals surface area contributed by atoms with Crippen molar-refractivity contribution in [1.82, 2.24) is 0 Å². The summed E-state index contributed by atoms with van der Waals surface area (Å²) in [4.78, 5) is 0. The van der Waals surface area contributed by atoms with E-state index in [0.29, 0.717) is 13.2 Å². The Kier molecular flexibility index (Phi) is 6.06. The molecule has 0 radical (unpaired) electrons. The van der Waals surface area contributed by atoms with Crippen LogP contribution >= 0.6 is 24.4 Å². The van der Waals surface area contributed by atoms with Gasteiger partial charge >= 0.3 is 10.5 Å². The summed E-state index contributed by atoms with van der Waals surface area (Å²) in [5, 5.41) is 0.0110. The molecule has 0 saturated carbocycles. The molecule has 0 spiro atoms. The van der Waals surface area contributed by atoms with Crippen molar-refractivity contribution in [2.45, 2.75) is 13.8 Å². The lowest BCUT2D eigenvalue weighted by atomic mass is 10.9. The molecule has 0 aliphatic heterocycles. The Balaban J connectivity index is 3.49. The summed E-state index contributed by atoms with van der Waals surface area (Å²) in [5.41, 5.74) is 0. The van der Waals surface area contributed by atoms with Crippen LogP contribution in [-0.2, 0) is 14.2 Å². The first-order valence-electron chi connectivity index (χ1n) is 3.22. The molecule has 0 saturated heterocycles. The fraction of sp³-hybridized carbons (Fsp3) is 0.667. The van der Waals surface area contributed by atoms with Gasteiger partial charge in [-0.25, -0.2) is 0 Å². The van der Waals surface area contributed by atoms with Crippen molar-refractivity contribution in [3.8, 4) is 0 Å². The molecular weight excluding hydrogens is 184 g/mol. The molecule has 0 atom stereocenters. The van der Waals surface area contributed by atoms with E-state index in [1.54, 1.807) is 13.8 Å². The highest BCUT2D eigenvalue weighted by Crippen LogP contribution is 1.91. The number of thiocarbonyl (C=S) groups is 2. The Morgan fingerprint density at radius 1 is 1.00 bits per heavy atom. The van der Waals surface area contributed by atoms with Gasteiger partial charge in [-0.3, -0.25) is 0 Å². The minimum absolute atomic E-state index is 0.00551. The van der Waals surface area contributed by atoms with Gasteiger partial charge in [0.2, 0.25) is 0 Å². The molecule has 3 nitrogen and oxygen atoms in total. The molecule has 64 valence electrons. The zero-order chi connectivity index (χ0) is 8.69. The second-order valence-corrected chi connectivity index (χ2v) is 2.13. The van der Waals surface area contributed by atoms with Crippen LogP contribution in [0.3, 0.4) is 0 Å². The van der Waals surface area contributed by atoms with Gasteiger partial charge in [0, 0.05) is 24.4 Å². The fourth-order valence-electron chi connectivity index (χ4n) is 0.363. The largest absolute Gasteiger partial charge is 0.457 e. The number of hydrogen-bond acceptors (Lipinski definition) is 5. The molecule has 0 fully saturated rings. The lowest BCUT2D eigenvalue weighted by molar-refractivity contribution is 0.206. The standard InChI is InChI=1S/C6H10O3S2/c1-3-7-5(10)9-6(11)8-4-2/h3-4H2,1-2H3. The second-order valence-electron chi connectivity index (χ2n) is 1.47. The molecule has 0 aromatic carbocycles. The summed E-state index contributed by atoms with van der Waals surface area (Å²) in [6.07, 6.45) is 0. The SMILES string of the molecule is CCOC(=S)OC(=S)OCC. The molecule has 0 heterocycles. The molecule has 0 rings (SSSR count). The van der Waals surface area contributed by atoms with E-state index in [-0.39, 0.29) is 10.5 Å². The molecule has 0 aromatic heterocycles. The topological polar surface area (TPSA) is 27.7 Å². The number of ether oxygens (including phenoxy) is 3. The van der Waals surface area contributed by atoms with Crippen molar-refractivity contribution in [3.05, 3.63) is 0 Å². The van der Waals surface area contributed by atoms with Gasteiger partial charge in [0.1, 0.15) is 0 Å². The number of rotatable bonds is 2. The first kappa shape index (κ1) is 10.6. The lowest BCUT2D eigenvalue weighted by Crippen LogP contribution is -2.14. The Labute approximate surface area is 76.6 Å². The van der Waals surface area contributed by atoms with Gasteiger partial charge in [-0.2, -0.15) is 0 Å². The van der Waals surface area contributed by atoms with Crippen LogP contribution < -0.4 is 0 Å². The molecule has 0 unspecified atom stereocenters. The lowest BCUT2D eigenvalue weighted by Gasteiger charge is -2.06. The minimum atomic E-state index is 0.00551. The van der Waals surface area contributed by atoms with Crippen molar-refractivity contribution >= 4 is 34.9 Å². The highest BCUT2D eigenvalue weighted by molar-refractivity contribution is 7.81. The monoisotopic (exact) mass is 194 g/mol. The molecule has 0 N–H and O–H groups in total.